The monoisotopic (exact) mass is 576 g/mol. The van der Waals surface area contributed by atoms with Crippen molar-refractivity contribution in [3.8, 4) is 11.5 Å². The van der Waals surface area contributed by atoms with E-state index in [0.29, 0.717) is 29.9 Å². The molecule has 2 aromatic rings. The number of carbonyl (C=O) groups excluding carboxylic acids is 1. The number of hydrogen-bond acceptors (Lipinski definition) is 8. The van der Waals surface area contributed by atoms with E-state index in [2.05, 4.69) is 24.9 Å². The normalized spacial score (nSPS) is 19.9. The fourth-order valence-electron chi connectivity index (χ4n) is 5.55. The van der Waals surface area contributed by atoms with Crippen LogP contribution in [0, 0.1) is 17.7 Å². The van der Waals surface area contributed by atoms with E-state index >= 15 is 0 Å². The second-order valence-corrected chi connectivity index (χ2v) is 13.0. The van der Waals surface area contributed by atoms with Crippen LogP contribution in [-0.4, -0.2) is 80.3 Å². The molecule has 1 saturated carbocycles. The number of rotatable bonds is 12. The summed E-state index contributed by atoms with van der Waals surface area (Å²) < 4.78 is 45.9. The molecule has 1 amide bonds. The third-order valence-electron chi connectivity index (χ3n) is 7.63. The maximum absolute atomic E-state index is 14.1. The second kappa shape index (κ2) is 13.2. The van der Waals surface area contributed by atoms with E-state index in [-0.39, 0.29) is 29.3 Å². The van der Waals surface area contributed by atoms with E-state index in [1.165, 1.54) is 30.8 Å². The summed E-state index contributed by atoms with van der Waals surface area (Å²) in [6.07, 6.45) is 8.04. The van der Waals surface area contributed by atoms with Crippen molar-refractivity contribution >= 4 is 21.7 Å². The molecule has 2 heterocycles. The van der Waals surface area contributed by atoms with Gasteiger partial charge in [0, 0.05) is 44.2 Å². The van der Waals surface area contributed by atoms with Crippen molar-refractivity contribution in [2.24, 2.45) is 11.8 Å². The topological polar surface area (TPSA) is 117 Å². The van der Waals surface area contributed by atoms with Crippen LogP contribution >= 0.6 is 0 Å². The van der Waals surface area contributed by atoms with E-state index in [0.717, 1.165) is 51.9 Å². The summed E-state index contributed by atoms with van der Waals surface area (Å²) >= 11 is 0. The molecule has 2 fully saturated rings. The largest absolute Gasteiger partial charge is 0.451 e. The highest BCUT2D eigenvalue weighted by atomic mass is 32.2. The molecule has 1 aliphatic carbocycles. The van der Waals surface area contributed by atoms with Gasteiger partial charge in [0.1, 0.15) is 17.9 Å². The molecule has 1 aliphatic heterocycles. The molecule has 2 aliphatic rings. The molecule has 220 valence electrons. The van der Waals surface area contributed by atoms with Crippen molar-refractivity contribution in [2.45, 2.75) is 58.5 Å². The van der Waals surface area contributed by atoms with Crippen molar-refractivity contribution < 1.29 is 22.3 Å². The minimum Gasteiger partial charge on any atom is -0.451 e. The van der Waals surface area contributed by atoms with Crippen LogP contribution in [0.2, 0.25) is 0 Å². The Labute approximate surface area is 236 Å². The number of aromatic nitrogens is 2. The van der Waals surface area contributed by atoms with Gasteiger partial charge in [0.2, 0.25) is 10.0 Å². The fraction of sp³-hybridized carbons (Fsp3) is 0.607. The molecule has 0 unspecified atom stereocenters. The van der Waals surface area contributed by atoms with Gasteiger partial charge in [0.05, 0.1) is 18.0 Å². The molecule has 1 aromatic heterocycles. The minimum atomic E-state index is -3.15. The number of halogens is 1. The first-order chi connectivity index (χ1) is 19.0. The number of nitrogens with one attached hydrogen (secondary N) is 2. The van der Waals surface area contributed by atoms with E-state index in [4.69, 9.17) is 4.74 Å². The number of carbonyl (C=O) groups is 1. The van der Waals surface area contributed by atoms with Crippen LogP contribution in [0.25, 0.3) is 0 Å². The molecule has 1 aromatic carbocycles. The van der Waals surface area contributed by atoms with Crippen molar-refractivity contribution in [1.29, 1.82) is 0 Å². The molecule has 12 heteroatoms. The number of nitrogens with zero attached hydrogens (tertiary/aromatic N) is 4. The predicted molar refractivity (Wildman–Crippen MR) is 153 cm³/mol. The summed E-state index contributed by atoms with van der Waals surface area (Å²) in [6, 6.07) is 3.98. The van der Waals surface area contributed by atoms with Crippen molar-refractivity contribution in [1.82, 2.24) is 24.9 Å². The Balaban J connectivity index is 1.30. The zero-order valence-electron chi connectivity index (χ0n) is 23.8. The van der Waals surface area contributed by atoms with Gasteiger partial charge in [0.25, 0.3) is 5.91 Å². The fourth-order valence-corrected chi connectivity index (χ4v) is 6.39. The van der Waals surface area contributed by atoms with E-state index < -0.39 is 15.8 Å². The maximum atomic E-state index is 14.1. The smallest absolute Gasteiger partial charge is 0.257 e. The number of benzene rings is 1. The summed E-state index contributed by atoms with van der Waals surface area (Å²) in [7, 11) is -3.15. The first-order valence-corrected chi connectivity index (χ1v) is 15.9. The first-order valence-electron chi connectivity index (χ1n) is 14.0. The van der Waals surface area contributed by atoms with Crippen molar-refractivity contribution in [2.75, 3.05) is 43.9 Å². The zero-order chi connectivity index (χ0) is 28.9. The van der Waals surface area contributed by atoms with Gasteiger partial charge in [-0.25, -0.2) is 27.5 Å². The predicted octanol–water partition coefficient (Wildman–Crippen LogP) is 3.41. The first kappa shape index (κ1) is 30.1. The third-order valence-corrected chi connectivity index (χ3v) is 8.39. The highest BCUT2D eigenvalue weighted by Gasteiger charge is 2.31. The molecule has 0 spiro atoms. The summed E-state index contributed by atoms with van der Waals surface area (Å²) in [5.74, 6) is 1.54. The van der Waals surface area contributed by atoms with Gasteiger partial charge < -0.3 is 19.9 Å². The number of amides is 1. The Kier molecular flexibility index (Phi) is 9.96. The lowest BCUT2D eigenvalue weighted by Gasteiger charge is -2.41. The summed E-state index contributed by atoms with van der Waals surface area (Å²) in [6.45, 7) is 9.65. The van der Waals surface area contributed by atoms with Crippen LogP contribution < -0.4 is 19.7 Å². The number of sulfonamides is 1. The van der Waals surface area contributed by atoms with Gasteiger partial charge in [0.15, 0.2) is 11.6 Å². The van der Waals surface area contributed by atoms with Crippen molar-refractivity contribution in [3.63, 3.8) is 0 Å². The molecule has 2 N–H and O–H groups in total. The average molecular weight is 577 g/mol. The van der Waals surface area contributed by atoms with Gasteiger partial charge in [-0.05, 0) is 77.1 Å². The van der Waals surface area contributed by atoms with Crippen molar-refractivity contribution in [3.05, 3.63) is 42.1 Å². The van der Waals surface area contributed by atoms with E-state index in [9.17, 15) is 17.6 Å². The maximum Gasteiger partial charge on any atom is 0.257 e. The molecule has 4 rings (SSSR count). The van der Waals surface area contributed by atoms with Gasteiger partial charge in [-0.15, -0.1) is 0 Å². The third kappa shape index (κ3) is 7.88. The molecular weight excluding hydrogens is 535 g/mol. The zero-order valence-corrected chi connectivity index (χ0v) is 24.6. The SMILES string of the molecule is CCN(C(=O)c1cc(F)ccc1Oc1cncnc1N1CC(CNC[C@H]2CC[C@H](NS(C)(=O)=O)CC2)C1)C(C)C. The lowest BCUT2D eigenvalue weighted by atomic mass is 9.86. The minimum absolute atomic E-state index is 0.0391. The van der Waals surface area contributed by atoms with Crippen LogP contribution in [0.5, 0.6) is 11.5 Å². The van der Waals surface area contributed by atoms with Gasteiger partial charge >= 0.3 is 0 Å². The Morgan fingerprint density at radius 2 is 1.85 bits per heavy atom. The molecule has 0 radical (unpaired) electrons. The number of anilines is 1. The molecule has 1 saturated heterocycles. The lowest BCUT2D eigenvalue weighted by Crippen LogP contribution is -2.51. The Morgan fingerprint density at radius 1 is 1.15 bits per heavy atom. The molecule has 10 nitrogen and oxygen atoms in total. The molecule has 0 atom stereocenters. The number of hydrogen-bond donors (Lipinski definition) is 2. The Morgan fingerprint density at radius 3 is 2.50 bits per heavy atom. The average Bonchev–Trinajstić information content (AvgIpc) is 2.87. The Hall–Kier alpha value is -2.83. The number of ether oxygens (including phenoxy) is 1. The summed E-state index contributed by atoms with van der Waals surface area (Å²) in [5, 5.41) is 3.59. The van der Waals surface area contributed by atoms with Gasteiger partial charge in [-0.2, -0.15) is 0 Å². The lowest BCUT2D eigenvalue weighted by molar-refractivity contribution is 0.0713. The van der Waals surface area contributed by atoms with E-state index in [1.54, 1.807) is 11.1 Å². The summed E-state index contributed by atoms with van der Waals surface area (Å²) in [5.41, 5.74) is 0.164. The highest BCUT2D eigenvalue weighted by molar-refractivity contribution is 7.88. The molecular formula is C28H41FN6O4S. The molecule has 0 bridgehead atoms. The van der Waals surface area contributed by atoms with Crippen LogP contribution in [0.4, 0.5) is 10.2 Å². The summed E-state index contributed by atoms with van der Waals surface area (Å²) in [4.78, 5) is 25.5. The van der Waals surface area contributed by atoms with Crippen LogP contribution in [0.3, 0.4) is 0 Å². The quantitative estimate of drug-likeness (QED) is 0.395. The molecule has 40 heavy (non-hydrogen) atoms. The Bertz CT molecular complexity index is 1260. The van der Waals surface area contributed by atoms with Gasteiger partial charge in [-0.1, -0.05) is 0 Å². The van der Waals surface area contributed by atoms with Crippen LogP contribution in [-0.2, 0) is 10.0 Å². The van der Waals surface area contributed by atoms with Crippen LogP contribution in [0.1, 0.15) is 56.8 Å². The second-order valence-electron chi connectivity index (χ2n) is 11.2. The standard InChI is InChI=1S/C28H41FN6O4S/c1-5-35(19(2)3)28(36)24-12-22(29)8-11-25(24)39-26-15-31-18-32-27(26)34-16-21(17-34)14-30-13-20-6-9-23(10-7-20)33-40(4,37)38/h8,11-12,15,18-21,23,30,33H,5-7,9-10,13-14,16-17H2,1-4H3/t20-,23-. The van der Waals surface area contributed by atoms with Crippen LogP contribution in [0.15, 0.2) is 30.7 Å². The highest BCUT2D eigenvalue weighted by Crippen LogP contribution is 2.35. The van der Waals surface area contributed by atoms with Gasteiger partial charge in [-0.3, -0.25) is 4.79 Å². The van der Waals surface area contributed by atoms with E-state index in [1.807, 2.05) is 20.8 Å².